The number of halogens is 2. The standard InChI is InChI=1S/C12H12F2O2/c1-8-4-2-3-5-9(8)12(13,14)11(6-7-11)10(15)16/h2-5H,6-7H2,1H3,(H,15,16). The Morgan fingerprint density at radius 1 is 1.38 bits per heavy atom. The zero-order valence-corrected chi connectivity index (χ0v) is 8.84. The highest BCUT2D eigenvalue weighted by atomic mass is 19.3. The normalized spacial score (nSPS) is 18.2. The van der Waals surface area contributed by atoms with Gasteiger partial charge in [0.1, 0.15) is 5.41 Å². The van der Waals surface area contributed by atoms with Crippen LogP contribution in [0.5, 0.6) is 0 Å². The molecule has 0 heterocycles. The predicted octanol–water partition coefficient (Wildman–Crippen LogP) is 2.95. The second kappa shape index (κ2) is 3.27. The molecule has 0 aromatic heterocycles. The zero-order valence-electron chi connectivity index (χ0n) is 8.84. The van der Waals surface area contributed by atoms with Gasteiger partial charge in [-0.2, -0.15) is 0 Å². The van der Waals surface area contributed by atoms with E-state index in [4.69, 9.17) is 5.11 Å². The number of alkyl halides is 2. The van der Waals surface area contributed by atoms with Crippen molar-refractivity contribution in [3.63, 3.8) is 0 Å². The van der Waals surface area contributed by atoms with Crippen molar-refractivity contribution in [3.05, 3.63) is 35.4 Å². The van der Waals surface area contributed by atoms with E-state index in [9.17, 15) is 13.6 Å². The highest BCUT2D eigenvalue weighted by Crippen LogP contribution is 2.61. The number of carboxylic acid groups (broad SMARTS) is 1. The number of benzene rings is 1. The maximum Gasteiger partial charge on any atom is 0.316 e. The molecule has 0 aliphatic heterocycles. The van der Waals surface area contributed by atoms with E-state index in [2.05, 4.69) is 0 Å². The first-order valence-electron chi connectivity index (χ1n) is 5.09. The number of aryl methyl sites for hydroxylation is 1. The molecule has 1 aliphatic carbocycles. The molecule has 1 fully saturated rings. The fourth-order valence-electron chi connectivity index (χ4n) is 1.97. The molecule has 0 bridgehead atoms. The summed E-state index contributed by atoms with van der Waals surface area (Å²) in [6, 6.07) is 6.04. The van der Waals surface area contributed by atoms with Crippen LogP contribution in [-0.2, 0) is 10.7 Å². The molecule has 86 valence electrons. The smallest absolute Gasteiger partial charge is 0.316 e. The fraction of sp³-hybridized carbons (Fsp3) is 0.417. The maximum atomic E-state index is 14.1. The minimum absolute atomic E-state index is 0.0453. The fourth-order valence-corrected chi connectivity index (χ4v) is 1.97. The minimum atomic E-state index is -3.29. The molecule has 0 amide bonds. The average molecular weight is 226 g/mol. The maximum absolute atomic E-state index is 14.1. The topological polar surface area (TPSA) is 37.3 Å². The third kappa shape index (κ3) is 1.32. The van der Waals surface area contributed by atoms with Gasteiger partial charge < -0.3 is 5.11 Å². The molecule has 1 aliphatic rings. The Morgan fingerprint density at radius 2 is 1.94 bits per heavy atom. The van der Waals surface area contributed by atoms with Gasteiger partial charge in [0.05, 0.1) is 0 Å². The third-order valence-corrected chi connectivity index (χ3v) is 3.24. The van der Waals surface area contributed by atoms with Gasteiger partial charge in [-0.1, -0.05) is 24.3 Å². The van der Waals surface area contributed by atoms with Crippen LogP contribution in [0.3, 0.4) is 0 Å². The number of hydrogen-bond acceptors (Lipinski definition) is 1. The van der Waals surface area contributed by atoms with E-state index in [1.165, 1.54) is 12.1 Å². The van der Waals surface area contributed by atoms with Gasteiger partial charge in [-0.25, -0.2) is 8.78 Å². The third-order valence-electron chi connectivity index (χ3n) is 3.24. The SMILES string of the molecule is Cc1ccccc1C(F)(F)C1(C(=O)O)CC1. The van der Waals surface area contributed by atoms with Crippen molar-refractivity contribution in [1.82, 2.24) is 0 Å². The summed E-state index contributed by atoms with van der Waals surface area (Å²) in [5, 5.41) is 8.91. The Bertz CT molecular complexity index is 436. The van der Waals surface area contributed by atoms with Crippen molar-refractivity contribution in [2.24, 2.45) is 5.41 Å². The molecule has 4 heteroatoms. The van der Waals surface area contributed by atoms with Crippen molar-refractivity contribution in [1.29, 1.82) is 0 Å². The van der Waals surface area contributed by atoms with Crippen molar-refractivity contribution < 1.29 is 18.7 Å². The molecule has 2 nitrogen and oxygen atoms in total. The lowest BCUT2D eigenvalue weighted by molar-refractivity contribution is -0.163. The monoisotopic (exact) mass is 226 g/mol. The summed E-state index contributed by atoms with van der Waals surface area (Å²) < 4.78 is 28.3. The summed E-state index contributed by atoms with van der Waals surface area (Å²) in [4.78, 5) is 10.9. The molecule has 1 saturated carbocycles. The average Bonchev–Trinajstić information content (AvgIpc) is 2.98. The molecule has 1 N–H and O–H groups in total. The highest BCUT2D eigenvalue weighted by molar-refractivity contribution is 5.79. The predicted molar refractivity (Wildman–Crippen MR) is 54.4 cm³/mol. The van der Waals surface area contributed by atoms with Gasteiger partial charge in [-0.3, -0.25) is 4.79 Å². The molecule has 1 aromatic carbocycles. The Morgan fingerprint density at radius 3 is 2.38 bits per heavy atom. The Balaban J connectivity index is 2.48. The van der Waals surface area contributed by atoms with Crippen LogP contribution in [0.2, 0.25) is 0 Å². The van der Waals surface area contributed by atoms with Gasteiger partial charge in [-0.05, 0) is 25.3 Å². The van der Waals surface area contributed by atoms with E-state index in [1.807, 2.05) is 0 Å². The summed E-state index contributed by atoms with van der Waals surface area (Å²) in [6.07, 6.45) is 0.0906. The van der Waals surface area contributed by atoms with Gasteiger partial charge >= 0.3 is 5.97 Å². The number of carboxylic acids is 1. The molecule has 1 aromatic rings. The van der Waals surface area contributed by atoms with Crippen LogP contribution in [-0.4, -0.2) is 11.1 Å². The van der Waals surface area contributed by atoms with Crippen LogP contribution in [0.25, 0.3) is 0 Å². The van der Waals surface area contributed by atoms with Gasteiger partial charge in [0.25, 0.3) is 5.92 Å². The van der Waals surface area contributed by atoms with Crippen LogP contribution >= 0.6 is 0 Å². The van der Waals surface area contributed by atoms with Crippen LogP contribution < -0.4 is 0 Å². The Kier molecular flexibility index (Phi) is 2.26. The lowest BCUT2D eigenvalue weighted by Gasteiger charge is -2.25. The summed E-state index contributed by atoms with van der Waals surface area (Å²) in [7, 11) is 0. The highest BCUT2D eigenvalue weighted by Gasteiger charge is 2.68. The number of carbonyl (C=O) groups is 1. The molecule has 0 spiro atoms. The summed E-state index contributed by atoms with van der Waals surface area (Å²) >= 11 is 0. The van der Waals surface area contributed by atoms with Gasteiger partial charge in [0, 0.05) is 5.56 Å². The molecule has 0 unspecified atom stereocenters. The van der Waals surface area contributed by atoms with E-state index < -0.39 is 17.3 Å². The van der Waals surface area contributed by atoms with E-state index in [0.29, 0.717) is 5.56 Å². The minimum Gasteiger partial charge on any atom is -0.481 e. The van der Waals surface area contributed by atoms with Gasteiger partial charge in [0.2, 0.25) is 0 Å². The van der Waals surface area contributed by atoms with E-state index in [0.717, 1.165) is 0 Å². The molecule has 2 rings (SSSR count). The number of rotatable bonds is 3. The van der Waals surface area contributed by atoms with Crippen molar-refractivity contribution in [3.8, 4) is 0 Å². The van der Waals surface area contributed by atoms with Gasteiger partial charge in [-0.15, -0.1) is 0 Å². The molecule has 0 atom stereocenters. The second-order valence-electron chi connectivity index (χ2n) is 4.28. The number of aliphatic carboxylic acids is 1. The first-order valence-corrected chi connectivity index (χ1v) is 5.09. The first-order chi connectivity index (χ1) is 7.42. The lowest BCUT2D eigenvalue weighted by Crippen LogP contribution is -2.34. The Hall–Kier alpha value is -1.45. The van der Waals surface area contributed by atoms with E-state index in [1.54, 1.807) is 19.1 Å². The molecular formula is C12H12F2O2. The van der Waals surface area contributed by atoms with Crippen molar-refractivity contribution in [2.45, 2.75) is 25.7 Å². The van der Waals surface area contributed by atoms with E-state index >= 15 is 0 Å². The molecule has 0 saturated heterocycles. The van der Waals surface area contributed by atoms with Crippen LogP contribution in [0.15, 0.2) is 24.3 Å². The molecule has 0 radical (unpaired) electrons. The Labute approximate surface area is 91.9 Å². The van der Waals surface area contributed by atoms with Crippen LogP contribution in [0.1, 0.15) is 24.0 Å². The van der Waals surface area contributed by atoms with Crippen molar-refractivity contribution >= 4 is 5.97 Å². The summed E-state index contributed by atoms with van der Waals surface area (Å²) in [5.41, 5.74) is -1.62. The zero-order chi connectivity index (χ0) is 12.0. The largest absolute Gasteiger partial charge is 0.481 e. The molecular weight excluding hydrogens is 214 g/mol. The first kappa shape index (κ1) is 11.0. The number of hydrogen-bond donors (Lipinski definition) is 1. The summed E-state index contributed by atoms with van der Waals surface area (Å²) in [6.45, 7) is 1.57. The molecule has 16 heavy (non-hydrogen) atoms. The van der Waals surface area contributed by atoms with Crippen molar-refractivity contribution in [2.75, 3.05) is 0 Å². The second-order valence-corrected chi connectivity index (χ2v) is 4.28. The lowest BCUT2D eigenvalue weighted by atomic mass is 9.89. The van der Waals surface area contributed by atoms with Gasteiger partial charge in [0.15, 0.2) is 0 Å². The summed E-state index contributed by atoms with van der Waals surface area (Å²) in [5.74, 6) is -4.69. The van der Waals surface area contributed by atoms with E-state index in [-0.39, 0.29) is 18.4 Å². The quantitative estimate of drug-likeness (QED) is 0.860. The van der Waals surface area contributed by atoms with Crippen LogP contribution in [0.4, 0.5) is 8.78 Å². The van der Waals surface area contributed by atoms with Crippen LogP contribution in [0, 0.1) is 12.3 Å².